The molecule has 1 aliphatic rings. The van der Waals surface area contributed by atoms with Gasteiger partial charge in [0.2, 0.25) is 0 Å². The molecule has 1 fully saturated rings. The van der Waals surface area contributed by atoms with Gasteiger partial charge in [-0.1, -0.05) is 6.92 Å². The Labute approximate surface area is 94.2 Å². The Balaban J connectivity index is 2.10. The third kappa shape index (κ3) is 2.04. The van der Waals surface area contributed by atoms with Crippen LogP contribution in [0.25, 0.3) is 0 Å². The van der Waals surface area contributed by atoms with Crippen LogP contribution < -0.4 is 5.73 Å². The van der Waals surface area contributed by atoms with Gasteiger partial charge in [-0.05, 0) is 43.0 Å². The predicted molar refractivity (Wildman–Crippen MR) is 62.4 cm³/mol. The van der Waals surface area contributed by atoms with Gasteiger partial charge in [-0.2, -0.15) is 0 Å². The molecule has 1 aromatic rings. The van der Waals surface area contributed by atoms with Gasteiger partial charge in [0.1, 0.15) is 5.82 Å². The molecule has 82 valence electrons. The van der Waals surface area contributed by atoms with Gasteiger partial charge in [0, 0.05) is 16.2 Å². The van der Waals surface area contributed by atoms with E-state index in [1.165, 1.54) is 25.0 Å². The standard InChI is InChI=1S/C12H16FNS/c1-9-6-7-12(9,8-14)15-11-4-2-10(13)3-5-11/h2-5,9H,6-8,14H2,1H3. The number of thioether (sulfide) groups is 1. The first-order valence-electron chi connectivity index (χ1n) is 5.31. The molecule has 1 aromatic carbocycles. The first-order valence-corrected chi connectivity index (χ1v) is 6.12. The minimum Gasteiger partial charge on any atom is -0.329 e. The maximum absolute atomic E-state index is 12.7. The Morgan fingerprint density at radius 2 is 2.13 bits per heavy atom. The summed E-state index contributed by atoms with van der Waals surface area (Å²) in [4.78, 5) is 1.12. The van der Waals surface area contributed by atoms with E-state index in [9.17, 15) is 4.39 Å². The van der Waals surface area contributed by atoms with Gasteiger partial charge in [0.15, 0.2) is 0 Å². The lowest BCUT2D eigenvalue weighted by atomic mass is 9.74. The van der Waals surface area contributed by atoms with E-state index in [1.54, 1.807) is 11.8 Å². The fourth-order valence-corrected chi connectivity index (χ4v) is 3.35. The van der Waals surface area contributed by atoms with Crippen LogP contribution in [-0.4, -0.2) is 11.3 Å². The van der Waals surface area contributed by atoms with E-state index in [0.717, 1.165) is 4.90 Å². The van der Waals surface area contributed by atoms with E-state index in [2.05, 4.69) is 6.92 Å². The maximum Gasteiger partial charge on any atom is 0.123 e. The summed E-state index contributed by atoms with van der Waals surface area (Å²) in [5, 5.41) is 0. The second-order valence-corrected chi connectivity index (χ2v) is 5.75. The number of halogens is 1. The molecule has 0 aliphatic heterocycles. The molecule has 15 heavy (non-hydrogen) atoms. The van der Waals surface area contributed by atoms with Gasteiger partial charge in [0.25, 0.3) is 0 Å². The van der Waals surface area contributed by atoms with Crippen LogP contribution in [0.2, 0.25) is 0 Å². The molecular formula is C12H16FNS. The molecule has 2 atom stereocenters. The number of rotatable bonds is 3. The van der Waals surface area contributed by atoms with Gasteiger partial charge in [-0.25, -0.2) is 4.39 Å². The van der Waals surface area contributed by atoms with E-state index < -0.39 is 0 Å². The lowest BCUT2D eigenvalue weighted by Gasteiger charge is -2.47. The van der Waals surface area contributed by atoms with Crippen LogP contribution in [0.4, 0.5) is 4.39 Å². The average Bonchev–Trinajstić information content (AvgIpc) is 2.26. The molecule has 0 saturated heterocycles. The fourth-order valence-electron chi connectivity index (χ4n) is 1.99. The van der Waals surface area contributed by atoms with Crippen LogP contribution in [0, 0.1) is 11.7 Å². The lowest BCUT2D eigenvalue weighted by molar-refractivity contribution is 0.245. The van der Waals surface area contributed by atoms with Gasteiger partial charge < -0.3 is 5.73 Å². The van der Waals surface area contributed by atoms with Crippen molar-refractivity contribution in [2.24, 2.45) is 11.7 Å². The number of nitrogens with two attached hydrogens (primary N) is 1. The number of hydrogen-bond acceptors (Lipinski definition) is 2. The van der Waals surface area contributed by atoms with E-state index in [4.69, 9.17) is 5.73 Å². The Kier molecular flexibility index (Phi) is 3.03. The summed E-state index contributed by atoms with van der Waals surface area (Å²) in [5.41, 5.74) is 5.84. The molecule has 0 heterocycles. The summed E-state index contributed by atoms with van der Waals surface area (Å²) in [5.74, 6) is 0.486. The molecule has 0 aromatic heterocycles. The van der Waals surface area contributed by atoms with Crippen LogP contribution in [0.15, 0.2) is 29.2 Å². The zero-order valence-corrected chi connectivity index (χ0v) is 9.69. The minimum atomic E-state index is -0.178. The van der Waals surface area contributed by atoms with Crippen molar-refractivity contribution in [1.29, 1.82) is 0 Å². The van der Waals surface area contributed by atoms with Crippen LogP contribution in [-0.2, 0) is 0 Å². The number of benzene rings is 1. The molecule has 0 bridgehead atoms. The highest BCUT2D eigenvalue weighted by Crippen LogP contribution is 2.50. The molecule has 2 unspecified atom stereocenters. The summed E-state index contributed by atoms with van der Waals surface area (Å²) in [6.45, 7) is 2.95. The van der Waals surface area contributed by atoms with Crippen molar-refractivity contribution in [2.75, 3.05) is 6.54 Å². The van der Waals surface area contributed by atoms with E-state index in [1.807, 2.05) is 12.1 Å². The first-order chi connectivity index (χ1) is 7.16. The summed E-state index contributed by atoms with van der Waals surface area (Å²) in [7, 11) is 0. The van der Waals surface area contributed by atoms with Crippen molar-refractivity contribution in [3.05, 3.63) is 30.1 Å². The van der Waals surface area contributed by atoms with Crippen LogP contribution >= 0.6 is 11.8 Å². The highest BCUT2D eigenvalue weighted by Gasteiger charge is 2.43. The molecular weight excluding hydrogens is 209 g/mol. The van der Waals surface area contributed by atoms with Crippen LogP contribution in [0.5, 0.6) is 0 Å². The normalized spacial score (nSPS) is 29.9. The molecule has 1 saturated carbocycles. The lowest BCUT2D eigenvalue weighted by Crippen LogP contribution is -2.48. The SMILES string of the molecule is CC1CCC1(CN)Sc1ccc(F)cc1. The molecule has 0 spiro atoms. The zero-order valence-electron chi connectivity index (χ0n) is 8.87. The van der Waals surface area contributed by atoms with Crippen LogP contribution in [0.3, 0.4) is 0 Å². The Hall–Kier alpha value is -0.540. The van der Waals surface area contributed by atoms with E-state index in [-0.39, 0.29) is 10.6 Å². The monoisotopic (exact) mass is 225 g/mol. The first kappa shape index (κ1) is 11.0. The summed E-state index contributed by atoms with van der Waals surface area (Å²) >= 11 is 1.80. The highest BCUT2D eigenvalue weighted by atomic mass is 32.2. The average molecular weight is 225 g/mol. The highest BCUT2D eigenvalue weighted by molar-refractivity contribution is 8.00. The molecule has 3 heteroatoms. The van der Waals surface area contributed by atoms with Crippen molar-refractivity contribution in [1.82, 2.24) is 0 Å². The third-order valence-electron chi connectivity index (χ3n) is 3.38. The van der Waals surface area contributed by atoms with Gasteiger partial charge in [0.05, 0.1) is 0 Å². The molecule has 0 amide bonds. The number of hydrogen-bond donors (Lipinski definition) is 1. The second kappa shape index (κ2) is 4.14. The quantitative estimate of drug-likeness (QED) is 0.855. The molecule has 1 nitrogen and oxygen atoms in total. The van der Waals surface area contributed by atoms with E-state index >= 15 is 0 Å². The summed E-state index contributed by atoms with van der Waals surface area (Å²) in [6.07, 6.45) is 2.43. The summed E-state index contributed by atoms with van der Waals surface area (Å²) in [6, 6.07) is 6.69. The maximum atomic E-state index is 12.7. The predicted octanol–water partition coefficient (Wildman–Crippen LogP) is 3.05. The molecule has 0 radical (unpaired) electrons. The minimum absolute atomic E-state index is 0.178. The van der Waals surface area contributed by atoms with Crippen molar-refractivity contribution in [3.8, 4) is 0 Å². The van der Waals surface area contributed by atoms with Crippen molar-refractivity contribution in [2.45, 2.75) is 29.4 Å². The van der Waals surface area contributed by atoms with E-state index in [0.29, 0.717) is 12.5 Å². The van der Waals surface area contributed by atoms with Crippen molar-refractivity contribution >= 4 is 11.8 Å². The molecule has 2 N–H and O–H groups in total. The van der Waals surface area contributed by atoms with Gasteiger partial charge in [-0.3, -0.25) is 0 Å². The Morgan fingerprint density at radius 3 is 2.53 bits per heavy atom. The Bertz CT molecular complexity index is 334. The molecule has 2 rings (SSSR count). The van der Waals surface area contributed by atoms with Gasteiger partial charge >= 0.3 is 0 Å². The summed E-state index contributed by atoms with van der Waals surface area (Å²) < 4.78 is 12.9. The Morgan fingerprint density at radius 1 is 1.47 bits per heavy atom. The van der Waals surface area contributed by atoms with Gasteiger partial charge in [-0.15, -0.1) is 11.8 Å². The topological polar surface area (TPSA) is 26.0 Å². The molecule has 1 aliphatic carbocycles. The zero-order chi connectivity index (χ0) is 10.9. The van der Waals surface area contributed by atoms with Crippen LogP contribution in [0.1, 0.15) is 19.8 Å². The second-order valence-electron chi connectivity index (χ2n) is 4.26. The fraction of sp³-hybridized carbons (Fsp3) is 0.500. The van der Waals surface area contributed by atoms with Crippen molar-refractivity contribution < 1.29 is 4.39 Å². The third-order valence-corrected chi connectivity index (χ3v) is 5.07. The largest absolute Gasteiger partial charge is 0.329 e. The van der Waals surface area contributed by atoms with Crippen molar-refractivity contribution in [3.63, 3.8) is 0 Å². The smallest absolute Gasteiger partial charge is 0.123 e.